The van der Waals surface area contributed by atoms with Gasteiger partial charge < -0.3 is 11.1 Å². The van der Waals surface area contributed by atoms with Crippen molar-refractivity contribution in [3.63, 3.8) is 0 Å². The first kappa shape index (κ1) is 21.3. The van der Waals surface area contributed by atoms with Crippen molar-refractivity contribution in [2.45, 2.75) is 64.8 Å². The van der Waals surface area contributed by atoms with E-state index < -0.39 is 11.9 Å². The number of hydrogen-bond donors (Lipinski definition) is 2. The van der Waals surface area contributed by atoms with Gasteiger partial charge in [-0.3, -0.25) is 19.0 Å². The molecule has 9 heteroatoms. The summed E-state index contributed by atoms with van der Waals surface area (Å²) in [4.78, 5) is 46.2. The van der Waals surface area contributed by atoms with Gasteiger partial charge in [0.05, 0.1) is 17.3 Å². The lowest BCUT2D eigenvalue weighted by molar-refractivity contribution is -0.118. The van der Waals surface area contributed by atoms with Gasteiger partial charge in [0.25, 0.3) is 11.5 Å². The summed E-state index contributed by atoms with van der Waals surface area (Å²) in [5, 5.41) is 4.03. The fraction of sp³-hybridized carbons (Fsp3) is 0.478. The van der Waals surface area contributed by atoms with Gasteiger partial charge in [-0.05, 0) is 68.9 Å². The number of amides is 2. The zero-order valence-electron chi connectivity index (χ0n) is 18.2. The molecular formula is C23H26N4O3S2. The second kappa shape index (κ2) is 8.12. The Bertz CT molecular complexity index is 1300. The Morgan fingerprint density at radius 1 is 1.19 bits per heavy atom. The van der Waals surface area contributed by atoms with Gasteiger partial charge in [0.2, 0.25) is 5.91 Å². The molecule has 0 aromatic carbocycles. The normalized spacial score (nSPS) is 18.8. The number of primary amides is 1. The monoisotopic (exact) mass is 470 g/mol. The van der Waals surface area contributed by atoms with Crippen LogP contribution in [-0.4, -0.2) is 21.4 Å². The Hall–Kier alpha value is -2.52. The summed E-state index contributed by atoms with van der Waals surface area (Å²) >= 11 is 3.02. The second-order valence-electron chi connectivity index (χ2n) is 8.93. The molecule has 3 aromatic heterocycles. The molecule has 0 fully saturated rings. The average Bonchev–Trinajstić information content (AvgIpc) is 3.31. The van der Waals surface area contributed by atoms with Crippen molar-refractivity contribution < 1.29 is 9.59 Å². The number of carbonyl (C=O) groups is 2. The highest BCUT2D eigenvalue weighted by molar-refractivity contribution is 7.18. The van der Waals surface area contributed by atoms with Gasteiger partial charge in [0, 0.05) is 9.75 Å². The minimum Gasteiger partial charge on any atom is -0.365 e. The molecule has 168 valence electrons. The van der Waals surface area contributed by atoms with E-state index in [9.17, 15) is 14.4 Å². The third kappa shape index (κ3) is 3.47. The number of nitrogens with zero attached hydrogens (tertiary/aromatic N) is 2. The molecule has 0 saturated carbocycles. The molecule has 0 spiro atoms. The maximum atomic E-state index is 13.4. The number of aryl methyl sites for hydroxylation is 2. The first-order valence-electron chi connectivity index (χ1n) is 11.1. The highest BCUT2D eigenvalue weighted by Crippen LogP contribution is 2.38. The van der Waals surface area contributed by atoms with Gasteiger partial charge in [-0.15, -0.1) is 22.7 Å². The Morgan fingerprint density at radius 2 is 1.97 bits per heavy atom. The largest absolute Gasteiger partial charge is 0.365 e. The Morgan fingerprint density at radius 3 is 2.75 bits per heavy atom. The van der Waals surface area contributed by atoms with Crippen LogP contribution in [0.1, 0.15) is 70.4 Å². The molecule has 0 radical (unpaired) electrons. The van der Waals surface area contributed by atoms with Crippen molar-refractivity contribution in [3.05, 3.63) is 43.1 Å². The number of rotatable bonds is 4. The standard InChI is InChI=1S/C23H26N4O3S2/c1-11-7-8-14-16(9-11)32-21-18(14)23(30)27(10-25-21)12(2)20(29)26-22-17(19(24)28)13-5-3-4-6-15(13)31-22/h10-12H,3-9H2,1-2H3,(H2,24,28)(H,26,29). The predicted molar refractivity (Wildman–Crippen MR) is 128 cm³/mol. The summed E-state index contributed by atoms with van der Waals surface area (Å²) < 4.78 is 1.40. The maximum absolute atomic E-state index is 13.4. The van der Waals surface area contributed by atoms with Crippen LogP contribution < -0.4 is 16.6 Å². The lowest BCUT2D eigenvalue weighted by atomic mass is 9.89. The predicted octanol–water partition coefficient (Wildman–Crippen LogP) is 3.82. The van der Waals surface area contributed by atoms with Gasteiger partial charge >= 0.3 is 0 Å². The maximum Gasteiger partial charge on any atom is 0.263 e. The molecule has 2 unspecified atom stereocenters. The van der Waals surface area contributed by atoms with Crippen molar-refractivity contribution in [3.8, 4) is 0 Å². The summed E-state index contributed by atoms with van der Waals surface area (Å²) in [6, 6.07) is -0.766. The number of aromatic nitrogens is 2. The van der Waals surface area contributed by atoms with E-state index in [2.05, 4.69) is 17.2 Å². The molecule has 0 saturated heterocycles. The first-order chi connectivity index (χ1) is 15.3. The third-order valence-corrected chi connectivity index (χ3v) is 9.06. The van der Waals surface area contributed by atoms with E-state index in [-0.39, 0.29) is 11.5 Å². The van der Waals surface area contributed by atoms with Gasteiger partial charge in [-0.1, -0.05) is 6.92 Å². The molecule has 5 rings (SSSR count). The summed E-state index contributed by atoms with van der Waals surface area (Å²) in [6.07, 6.45) is 8.16. The zero-order chi connectivity index (χ0) is 22.6. The zero-order valence-corrected chi connectivity index (χ0v) is 19.8. The fourth-order valence-electron chi connectivity index (χ4n) is 4.88. The van der Waals surface area contributed by atoms with E-state index in [0.717, 1.165) is 65.8 Å². The van der Waals surface area contributed by atoms with E-state index in [1.165, 1.54) is 27.1 Å². The van der Waals surface area contributed by atoms with Crippen LogP contribution in [0.3, 0.4) is 0 Å². The quantitative estimate of drug-likeness (QED) is 0.604. The molecule has 32 heavy (non-hydrogen) atoms. The number of anilines is 1. The highest BCUT2D eigenvalue weighted by atomic mass is 32.1. The Balaban J connectivity index is 1.47. The van der Waals surface area contributed by atoms with Gasteiger partial charge in [-0.25, -0.2) is 4.98 Å². The molecule has 2 atom stereocenters. The van der Waals surface area contributed by atoms with Gasteiger partial charge in [0.1, 0.15) is 15.9 Å². The van der Waals surface area contributed by atoms with Crippen molar-refractivity contribution in [2.24, 2.45) is 11.7 Å². The third-order valence-electron chi connectivity index (χ3n) is 6.69. The molecule has 3 aromatic rings. The highest BCUT2D eigenvalue weighted by Gasteiger charge is 2.28. The summed E-state index contributed by atoms with van der Waals surface area (Å²) in [7, 11) is 0. The fourth-order valence-corrected chi connectivity index (χ4v) is 7.52. The molecule has 0 bridgehead atoms. The molecule has 2 amide bonds. The Kier molecular flexibility index (Phi) is 5.41. The molecule has 3 heterocycles. The van der Waals surface area contributed by atoms with Crippen molar-refractivity contribution >= 4 is 49.7 Å². The van der Waals surface area contributed by atoms with E-state index >= 15 is 0 Å². The van der Waals surface area contributed by atoms with Crippen LogP contribution in [0.25, 0.3) is 10.2 Å². The minimum atomic E-state index is -0.766. The van der Waals surface area contributed by atoms with E-state index in [1.807, 2.05) is 0 Å². The average molecular weight is 471 g/mol. The summed E-state index contributed by atoms with van der Waals surface area (Å²) in [5.74, 6) is -0.266. The van der Waals surface area contributed by atoms with Crippen LogP contribution >= 0.6 is 22.7 Å². The second-order valence-corrected chi connectivity index (χ2v) is 11.1. The minimum absolute atomic E-state index is 0.176. The molecule has 2 aliphatic rings. The summed E-state index contributed by atoms with van der Waals surface area (Å²) in [6.45, 7) is 3.91. The van der Waals surface area contributed by atoms with Crippen molar-refractivity contribution in [1.29, 1.82) is 0 Å². The van der Waals surface area contributed by atoms with Crippen LogP contribution in [0.2, 0.25) is 0 Å². The van der Waals surface area contributed by atoms with Gasteiger partial charge in [-0.2, -0.15) is 0 Å². The molecule has 2 aliphatic carbocycles. The summed E-state index contributed by atoms with van der Waals surface area (Å²) in [5.41, 5.74) is 7.97. The van der Waals surface area contributed by atoms with Crippen molar-refractivity contribution in [2.75, 3.05) is 5.32 Å². The van der Waals surface area contributed by atoms with Crippen LogP contribution in [0.5, 0.6) is 0 Å². The van der Waals surface area contributed by atoms with Gasteiger partial charge in [0.15, 0.2) is 0 Å². The van der Waals surface area contributed by atoms with E-state index in [0.29, 0.717) is 21.9 Å². The molecular weight excluding hydrogens is 444 g/mol. The first-order valence-corrected chi connectivity index (χ1v) is 12.7. The lowest BCUT2D eigenvalue weighted by Crippen LogP contribution is -2.32. The molecule has 7 nitrogen and oxygen atoms in total. The van der Waals surface area contributed by atoms with Crippen LogP contribution in [0.15, 0.2) is 11.1 Å². The number of nitrogens with two attached hydrogens (primary N) is 1. The smallest absolute Gasteiger partial charge is 0.263 e. The van der Waals surface area contributed by atoms with Crippen LogP contribution in [0.4, 0.5) is 5.00 Å². The molecule has 3 N–H and O–H groups in total. The van der Waals surface area contributed by atoms with Crippen LogP contribution in [0, 0.1) is 5.92 Å². The van der Waals surface area contributed by atoms with Crippen molar-refractivity contribution in [1.82, 2.24) is 9.55 Å². The topological polar surface area (TPSA) is 107 Å². The molecule has 0 aliphatic heterocycles. The van der Waals surface area contributed by atoms with E-state index in [4.69, 9.17) is 5.73 Å². The van der Waals surface area contributed by atoms with E-state index in [1.54, 1.807) is 18.3 Å². The number of carbonyl (C=O) groups excluding carboxylic acids is 2. The number of nitrogens with one attached hydrogen (secondary N) is 1. The number of thiophene rings is 2. The number of hydrogen-bond acceptors (Lipinski definition) is 6. The Labute approximate surface area is 193 Å². The SMILES string of the molecule is CC1CCc2c(sc3ncn(C(C)C(=O)Nc4sc5c(c4C(N)=O)CCCC5)c(=O)c23)C1. The number of fused-ring (bicyclic) bond motifs is 4. The van der Waals surface area contributed by atoms with Crippen LogP contribution in [-0.2, 0) is 30.5 Å². The lowest BCUT2D eigenvalue weighted by Gasteiger charge is -2.18.